The summed E-state index contributed by atoms with van der Waals surface area (Å²) in [6.45, 7) is -0.890. The normalized spacial score (nSPS) is 14.2. The first-order valence-corrected chi connectivity index (χ1v) is 5.32. The van der Waals surface area contributed by atoms with E-state index in [9.17, 15) is 14.4 Å². The van der Waals surface area contributed by atoms with E-state index in [4.69, 9.17) is 5.11 Å². The van der Waals surface area contributed by atoms with E-state index in [0.29, 0.717) is 0 Å². The van der Waals surface area contributed by atoms with E-state index in [1.54, 1.807) is 0 Å². The van der Waals surface area contributed by atoms with Crippen molar-refractivity contribution in [2.45, 2.75) is 18.9 Å². The van der Waals surface area contributed by atoms with Gasteiger partial charge in [-0.3, -0.25) is 9.59 Å². The standard InChI is InChI=1S/C10H16N2O5/c1-12(4-8(13)11-7-2-3-7)9(14)5-17-6-10(15)16/h7H,2-6H2,1H3,(H,11,13)(H,15,16). The Morgan fingerprint density at radius 3 is 2.53 bits per heavy atom. The van der Waals surface area contributed by atoms with Gasteiger partial charge < -0.3 is 20.1 Å². The Bertz CT molecular complexity index is 314. The third-order valence-electron chi connectivity index (χ3n) is 2.20. The van der Waals surface area contributed by atoms with Crippen LogP contribution in [-0.4, -0.2) is 60.6 Å². The molecule has 1 aliphatic rings. The van der Waals surface area contributed by atoms with Gasteiger partial charge in [-0.25, -0.2) is 4.79 Å². The van der Waals surface area contributed by atoms with Crippen LogP contribution < -0.4 is 5.32 Å². The van der Waals surface area contributed by atoms with Gasteiger partial charge in [0.25, 0.3) is 0 Å². The Morgan fingerprint density at radius 1 is 1.35 bits per heavy atom. The lowest BCUT2D eigenvalue weighted by molar-refractivity contribution is -0.146. The molecule has 1 aliphatic carbocycles. The van der Waals surface area contributed by atoms with Gasteiger partial charge in [0, 0.05) is 13.1 Å². The SMILES string of the molecule is CN(CC(=O)NC1CC1)C(=O)COCC(=O)O. The van der Waals surface area contributed by atoms with E-state index >= 15 is 0 Å². The summed E-state index contributed by atoms with van der Waals surface area (Å²) in [5, 5.41) is 11.0. The van der Waals surface area contributed by atoms with Crippen LogP contribution in [0.1, 0.15) is 12.8 Å². The van der Waals surface area contributed by atoms with E-state index in [1.807, 2.05) is 0 Å². The van der Waals surface area contributed by atoms with Gasteiger partial charge in [-0.2, -0.15) is 0 Å². The van der Waals surface area contributed by atoms with Gasteiger partial charge in [0.2, 0.25) is 11.8 Å². The number of nitrogens with zero attached hydrogens (tertiary/aromatic N) is 1. The minimum absolute atomic E-state index is 0.0359. The molecule has 0 unspecified atom stereocenters. The summed E-state index contributed by atoms with van der Waals surface area (Å²) in [7, 11) is 1.47. The van der Waals surface area contributed by atoms with Gasteiger partial charge in [-0.05, 0) is 12.8 Å². The summed E-state index contributed by atoms with van der Waals surface area (Å²) in [5.41, 5.74) is 0. The number of carboxylic acids is 1. The molecule has 0 aliphatic heterocycles. The third kappa shape index (κ3) is 5.86. The molecule has 1 rings (SSSR count). The number of carboxylic acid groups (broad SMARTS) is 1. The van der Waals surface area contributed by atoms with Crippen molar-refractivity contribution in [2.24, 2.45) is 0 Å². The van der Waals surface area contributed by atoms with Crippen molar-refractivity contribution in [3.63, 3.8) is 0 Å². The summed E-state index contributed by atoms with van der Waals surface area (Å²) in [6, 6.07) is 0.259. The predicted octanol–water partition coefficient (Wildman–Crippen LogP) is -1.18. The van der Waals surface area contributed by atoms with E-state index < -0.39 is 18.5 Å². The molecule has 2 N–H and O–H groups in total. The molecule has 0 atom stereocenters. The van der Waals surface area contributed by atoms with Gasteiger partial charge in [0.15, 0.2) is 0 Å². The average Bonchev–Trinajstić information content (AvgIpc) is 3.00. The molecule has 0 heterocycles. The van der Waals surface area contributed by atoms with Crippen LogP contribution in [0.25, 0.3) is 0 Å². The van der Waals surface area contributed by atoms with E-state index in [2.05, 4.69) is 10.1 Å². The summed E-state index contributed by atoms with van der Waals surface area (Å²) in [4.78, 5) is 34.1. The van der Waals surface area contributed by atoms with Gasteiger partial charge in [0.1, 0.15) is 13.2 Å². The molecule has 96 valence electrons. The maximum Gasteiger partial charge on any atom is 0.329 e. The number of hydrogen-bond donors (Lipinski definition) is 2. The number of ether oxygens (including phenoxy) is 1. The van der Waals surface area contributed by atoms with Crippen LogP contribution in [0, 0.1) is 0 Å². The van der Waals surface area contributed by atoms with Gasteiger partial charge in [-0.1, -0.05) is 0 Å². The molecular formula is C10H16N2O5. The van der Waals surface area contributed by atoms with Gasteiger partial charge >= 0.3 is 5.97 Å². The number of likely N-dealkylation sites (N-methyl/N-ethyl adjacent to an activating group) is 1. The quantitative estimate of drug-likeness (QED) is 0.588. The lowest BCUT2D eigenvalue weighted by Crippen LogP contribution is -2.40. The molecular weight excluding hydrogens is 228 g/mol. The molecule has 0 aromatic carbocycles. The van der Waals surface area contributed by atoms with Crippen LogP contribution in [0.5, 0.6) is 0 Å². The fourth-order valence-corrected chi connectivity index (χ4v) is 1.14. The molecule has 0 saturated heterocycles. The Morgan fingerprint density at radius 2 is 2.00 bits per heavy atom. The fourth-order valence-electron chi connectivity index (χ4n) is 1.14. The number of amides is 2. The van der Waals surface area contributed by atoms with Crippen molar-refractivity contribution in [1.29, 1.82) is 0 Å². The van der Waals surface area contributed by atoms with E-state index in [0.717, 1.165) is 12.8 Å². The molecule has 2 amide bonds. The fraction of sp³-hybridized carbons (Fsp3) is 0.700. The Labute approximate surface area is 98.7 Å². The number of aliphatic carboxylic acids is 1. The number of carbonyl (C=O) groups is 3. The Kier molecular flexibility index (Phi) is 4.89. The lowest BCUT2D eigenvalue weighted by Gasteiger charge is -2.16. The Balaban J connectivity index is 2.16. The molecule has 0 radical (unpaired) electrons. The highest BCUT2D eigenvalue weighted by atomic mass is 16.5. The number of rotatable bonds is 7. The number of carbonyl (C=O) groups excluding carboxylic acids is 2. The molecule has 0 bridgehead atoms. The second-order valence-electron chi connectivity index (χ2n) is 3.98. The zero-order valence-electron chi connectivity index (χ0n) is 9.64. The van der Waals surface area contributed by atoms with Crippen LogP contribution in [0.4, 0.5) is 0 Å². The minimum atomic E-state index is -1.13. The molecule has 7 nitrogen and oxygen atoms in total. The lowest BCUT2D eigenvalue weighted by atomic mass is 10.4. The highest BCUT2D eigenvalue weighted by molar-refractivity contribution is 5.85. The second kappa shape index (κ2) is 6.19. The van der Waals surface area contributed by atoms with Crippen molar-refractivity contribution >= 4 is 17.8 Å². The summed E-state index contributed by atoms with van der Waals surface area (Å²) < 4.78 is 4.63. The number of nitrogens with one attached hydrogen (secondary N) is 1. The zero-order chi connectivity index (χ0) is 12.8. The largest absolute Gasteiger partial charge is 0.480 e. The van der Waals surface area contributed by atoms with Crippen LogP contribution in [-0.2, 0) is 19.1 Å². The zero-order valence-corrected chi connectivity index (χ0v) is 9.64. The highest BCUT2D eigenvalue weighted by Crippen LogP contribution is 2.18. The van der Waals surface area contributed by atoms with Crippen LogP contribution in [0.3, 0.4) is 0 Å². The molecule has 0 spiro atoms. The average molecular weight is 244 g/mol. The van der Waals surface area contributed by atoms with Crippen molar-refractivity contribution < 1.29 is 24.2 Å². The molecule has 7 heteroatoms. The minimum Gasteiger partial charge on any atom is -0.480 e. The molecule has 0 aromatic rings. The monoisotopic (exact) mass is 244 g/mol. The smallest absolute Gasteiger partial charge is 0.329 e. The van der Waals surface area contributed by atoms with Crippen molar-refractivity contribution in [3.05, 3.63) is 0 Å². The summed E-state index contributed by atoms with van der Waals surface area (Å²) in [5.74, 6) is -1.76. The summed E-state index contributed by atoms with van der Waals surface area (Å²) in [6.07, 6.45) is 1.98. The molecule has 1 fully saturated rings. The first-order chi connectivity index (χ1) is 7.99. The van der Waals surface area contributed by atoms with E-state index in [-0.39, 0.29) is 25.1 Å². The maximum atomic E-state index is 11.4. The van der Waals surface area contributed by atoms with Crippen molar-refractivity contribution in [2.75, 3.05) is 26.8 Å². The highest BCUT2D eigenvalue weighted by Gasteiger charge is 2.24. The first kappa shape index (κ1) is 13.4. The van der Waals surface area contributed by atoms with Crippen LogP contribution in [0.2, 0.25) is 0 Å². The van der Waals surface area contributed by atoms with Crippen molar-refractivity contribution in [3.8, 4) is 0 Å². The van der Waals surface area contributed by atoms with Gasteiger partial charge in [-0.15, -0.1) is 0 Å². The maximum absolute atomic E-state index is 11.4. The second-order valence-corrected chi connectivity index (χ2v) is 3.98. The summed E-state index contributed by atoms with van der Waals surface area (Å²) >= 11 is 0. The predicted molar refractivity (Wildman–Crippen MR) is 57.3 cm³/mol. The topological polar surface area (TPSA) is 95.9 Å². The third-order valence-corrected chi connectivity index (χ3v) is 2.20. The van der Waals surface area contributed by atoms with Crippen molar-refractivity contribution in [1.82, 2.24) is 10.2 Å². The molecule has 17 heavy (non-hydrogen) atoms. The van der Waals surface area contributed by atoms with Crippen LogP contribution in [0.15, 0.2) is 0 Å². The Hall–Kier alpha value is -1.63. The first-order valence-electron chi connectivity index (χ1n) is 5.32. The molecule has 1 saturated carbocycles. The molecule has 0 aromatic heterocycles. The van der Waals surface area contributed by atoms with E-state index in [1.165, 1.54) is 11.9 Å². The number of hydrogen-bond acceptors (Lipinski definition) is 4. The van der Waals surface area contributed by atoms with Crippen LogP contribution >= 0.6 is 0 Å². The van der Waals surface area contributed by atoms with Gasteiger partial charge in [0.05, 0.1) is 6.54 Å².